The van der Waals surface area contributed by atoms with Gasteiger partial charge in [-0.1, -0.05) is 12.1 Å². The standard InChI is InChI=1S/C15H13F2N3O3S/c16-15(17)20-6-5-18-12(20)8-23-13(21)7-11-14(22)19-9-3-1-2-4-10(9)24-11/h1-6,11,15H,7-8H2,(H,19,22). The van der Waals surface area contributed by atoms with Crippen molar-refractivity contribution in [2.45, 2.75) is 29.7 Å². The summed E-state index contributed by atoms with van der Waals surface area (Å²) in [4.78, 5) is 28.5. The molecule has 6 nitrogen and oxygen atoms in total. The van der Waals surface area contributed by atoms with Gasteiger partial charge in [-0.3, -0.25) is 14.2 Å². The minimum absolute atomic E-state index is 0.0514. The van der Waals surface area contributed by atoms with Gasteiger partial charge < -0.3 is 10.1 Å². The Morgan fingerprint density at radius 2 is 2.21 bits per heavy atom. The van der Waals surface area contributed by atoms with E-state index in [4.69, 9.17) is 4.74 Å². The molecule has 1 aliphatic heterocycles. The Bertz CT molecular complexity index is 766. The van der Waals surface area contributed by atoms with E-state index in [1.165, 1.54) is 18.0 Å². The molecule has 1 aliphatic rings. The van der Waals surface area contributed by atoms with Gasteiger partial charge in [-0.05, 0) is 12.1 Å². The number of nitrogens with zero attached hydrogens (tertiary/aromatic N) is 2. The number of carbonyl (C=O) groups excluding carboxylic acids is 2. The van der Waals surface area contributed by atoms with Crippen LogP contribution in [0.15, 0.2) is 41.6 Å². The first kappa shape index (κ1) is 16.4. The van der Waals surface area contributed by atoms with Crippen LogP contribution in [0.25, 0.3) is 0 Å². The lowest BCUT2D eigenvalue weighted by Crippen LogP contribution is -2.31. The van der Waals surface area contributed by atoms with Crippen LogP contribution in [0.3, 0.4) is 0 Å². The molecule has 0 bridgehead atoms. The molecule has 1 aromatic carbocycles. The molecule has 0 saturated heterocycles. The van der Waals surface area contributed by atoms with Crippen molar-refractivity contribution in [1.82, 2.24) is 9.55 Å². The summed E-state index contributed by atoms with van der Waals surface area (Å²) in [6.45, 7) is -3.12. The van der Waals surface area contributed by atoms with Gasteiger partial charge in [0.1, 0.15) is 6.61 Å². The van der Waals surface area contributed by atoms with E-state index in [2.05, 4.69) is 10.3 Å². The van der Waals surface area contributed by atoms with Crippen LogP contribution in [-0.2, 0) is 20.9 Å². The molecule has 0 saturated carbocycles. The van der Waals surface area contributed by atoms with Crippen molar-refractivity contribution in [3.8, 4) is 0 Å². The lowest BCUT2D eigenvalue weighted by molar-refractivity contribution is -0.146. The monoisotopic (exact) mass is 353 g/mol. The molecule has 1 atom stereocenters. The number of benzene rings is 1. The molecular weight excluding hydrogens is 340 g/mol. The summed E-state index contributed by atoms with van der Waals surface area (Å²) < 4.78 is 30.9. The molecular formula is C15H13F2N3O3S. The van der Waals surface area contributed by atoms with Crippen molar-refractivity contribution in [1.29, 1.82) is 0 Å². The molecule has 9 heteroatoms. The summed E-state index contributed by atoms with van der Waals surface area (Å²) in [5.74, 6) is -0.986. The first-order valence-corrected chi connectivity index (χ1v) is 7.94. The normalized spacial score (nSPS) is 16.6. The quantitative estimate of drug-likeness (QED) is 0.837. The number of hydrogen-bond donors (Lipinski definition) is 1. The van der Waals surface area contributed by atoms with Crippen LogP contribution >= 0.6 is 11.8 Å². The van der Waals surface area contributed by atoms with Gasteiger partial charge in [0.2, 0.25) is 5.91 Å². The van der Waals surface area contributed by atoms with Crippen molar-refractivity contribution in [2.24, 2.45) is 0 Å². The predicted molar refractivity (Wildman–Crippen MR) is 82.6 cm³/mol. The highest BCUT2D eigenvalue weighted by Crippen LogP contribution is 2.36. The van der Waals surface area contributed by atoms with Gasteiger partial charge >= 0.3 is 12.5 Å². The van der Waals surface area contributed by atoms with E-state index in [0.29, 0.717) is 10.3 Å². The lowest BCUT2D eigenvalue weighted by atomic mass is 10.2. The zero-order valence-corrected chi connectivity index (χ0v) is 13.1. The van der Waals surface area contributed by atoms with Gasteiger partial charge in [-0.25, -0.2) is 4.98 Å². The van der Waals surface area contributed by atoms with E-state index in [-0.39, 0.29) is 24.8 Å². The maximum Gasteiger partial charge on any atom is 0.320 e. The highest BCUT2D eigenvalue weighted by molar-refractivity contribution is 8.01. The fourth-order valence-corrected chi connectivity index (χ4v) is 3.31. The molecule has 1 unspecified atom stereocenters. The van der Waals surface area contributed by atoms with Crippen molar-refractivity contribution in [2.75, 3.05) is 5.32 Å². The molecule has 0 radical (unpaired) electrons. The fraction of sp³-hybridized carbons (Fsp3) is 0.267. The highest BCUT2D eigenvalue weighted by Gasteiger charge is 2.29. The first-order valence-electron chi connectivity index (χ1n) is 7.06. The molecule has 0 spiro atoms. The fourth-order valence-electron chi connectivity index (χ4n) is 2.22. The smallest absolute Gasteiger partial charge is 0.320 e. The number of imidazole rings is 1. The third kappa shape index (κ3) is 3.56. The Morgan fingerprint density at radius 3 is 3.00 bits per heavy atom. The number of fused-ring (bicyclic) bond motifs is 1. The summed E-state index contributed by atoms with van der Waals surface area (Å²) in [6.07, 6.45) is 2.16. The Kier molecular flexibility index (Phi) is 4.79. The largest absolute Gasteiger partial charge is 0.457 e. The van der Waals surface area contributed by atoms with E-state index in [1.54, 1.807) is 12.1 Å². The van der Waals surface area contributed by atoms with Crippen LogP contribution in [0.1, 0.15) is 18.8 Å². The molecule has 126 valence electrons. The van der Waals surface area contributed by atoms with Crippen molar-refractivity contribution >= 4 is 29.3 Å². The van der Waals surface area contributed by atoms with Crippen molar-refractivity contribution in [3.63, 3.8) is 0 Å². The zero-order chi connectivity index (χ0) is 17.1. The summed E-state index contributed by atoms with van der Waals surface area (Å²) in [7, 11) is 0. The van der Waals surface area contributed by atoms with Crippen LogP contribution < -0.4 is 5.32 Å². The van der Waals surface area contributed by atoms with Crippen LogP contribution in [0, 0.1) is 0 Å². The summed E-state index contributed by atoms with van der Waals surface area (Å²) in [6, 6.07) is 7.26. The van der Waals surface area contributed by atoms with E-state index < -0.39 is 17.8 Å². The van der Waals surface area contributed by atoms with Gasteiger partial charge in [0, 0.05) is 17.3 Å². The molecule has 2 aromatic rings. The lowest BCUT2D eigenvalue weighted by Gasteiger charge is -2.23. The second-order valence-electron chi connectivity index (χ2n) is 4.99. The number of para-hydroxylation sites is 1. The van der Waals surface area contributed by atoms with Gasteiger partial charge in [-0.2, -0.15) is 8.78 Å². The van der Waals surface area contributed by atoms with E-state index in [1.807, 2.05) is 12.1 Å². The molecule has 3 rings (SSSR count). The van der Waals surface area contributed by atoms with Crippen LogP contribution in [0.4, 0.5) is 14.5 Å². The van der Waals surface area contributed by atoms with E-state index >= 15 is 0 Å². The van der Waals surface area contributed by atoms with E-state index in [9.17, 15) is 18.4 Å². The Balaban J connectivity index is 1.57. The van der Waals surface area contributed by atoms with Gasteiger partial charge in [0.15, 0.2) is 5.82 Å². The second-order valence-corrected chi connectivity index (χ2v) is 6.23. The average Bonchev–Trinajstić information content (AvgIpc) is 3.02. The molecule has 1 N–H and O–H groups in total. The number of anilines is 1. The predicted octanol–water partition coefficient (Wildman–Crippen LogP) is 2.82. The zero-order valence-electron chi connectivity index (χ0n) is 12.3. The van der Waals surface area contributed by atoms with Gasteiger partial charge in [0.05, 0.1) is 17.4 Å². The molecule has 1 aromatic heterocycles. The topological polar surface area (TPSA) is 73.2 Å². The number of rotatable bonds is 5. The van der Waals surface area contributed by atoms with Crippen LogP contribution in [0.2, 0.25) is 0 Å². The SMILES string of the molecule is O=C(CC1Sc2ccccc2NC1=O)OCc1nccn1C(F)F. The maximum atomic E-state index is 12.7. The summed E-state index contributed by atoms with van der Waals surface area (Å²) >= 11 is 1.27. The number of thioether (sulfide) groups is 1. The molecule has 24 heavy (non-hydrogen) atoms. The van der Waals surface area contributed by atoms with E-state index in [0.717, 1.165) is 11.1 Å². The second kappa shape index (κ2) is 7.00. The number of halogens is 2. The maximum absolute atomic E-state index is 12.7. The molecule has 0 aliphatic carbocycles. The number of carbonyl (C=O) groups is 2. The molecule has 0 fully saturated rings. The average molecular weight is 353 g/mol. The van der Waals surface area contributed by atoms with Crippen LogP contribution in [0.5, 0.6) is 0 Å². The minimum Gasteiger partial charge on any atom is -0.457 e. The van der Waals surface area contributed by atoms with Crippen molar-refractivity contribution in [3.05, 3.63) is 42.5 Å². The first-order chi connectivity index (χ1) is 11.5. The number of amides is 1. The number of aromatic nitrogens is 2. The number of hydrogen-bond acceptors (Lipinski definition) is 5. The number of nitrogens with one attached hydrogen (secondary N) is 1. The third-order valence-electron chi connectivity index (χ3n) is 3.38. The molecule has 2 heterocycles. The van der Waals surface area contributed by atoms with Crippen LogP contribution in [-0.4, -0.2) is 26.7 Å². The Hall–Kier alpha value is -2.42. The minimum atomic E-state index is -2.75. The summed E-state index contributed by atoms with van der Waals surface area (Å²) in [5.41, 5.74) is 0.705. The highest BCUT2D eigenvalue weighted by atomic mass is 32.2. The molecule has 1 amide bonds. The number of esters is 1. The third-order valence-corrected chi connectivity index (χ3v) is 4.66. The Morgan fingerprint density at radius 1 is 1.42 bits per heavy atom. The summed E-state index contributed by atoms with van der Waals surface area (Å²) in [5, 5.41) is 2.10. The Labute approximate surface area is 140 Å². The van der Waals surface area contributed by atoms with Gasteiger partial charge in [-0.15, -0.1) is 11.8 Å². The van der Waals surface area contributed by atoms with Gasteiger partial charge in [0.25, 0.3) is 0 Å². The number of ether oxygens (including phenoxy) is 1. The number of alkyl halides is 2. The van der Waals surface area contributed by atoms with Crippen molar-refractivity contribution < 1.29 is 23.1 Å².